The van der Waals surface area contributed by atoms with Gasteiger partial charge in [-0.3, -0.25) is 0 Å². The quantitative estimate of drug-likeness (QED) is 0.627. The fraction of sp³-hybridized carbons (Fsp3) is 0.111. The number of pyridine rings is 1. The van der Waals surface area contributed by atoms with E-state index in [1.54, 1.807) is 17.1 Å². The van der Waals surface area contributed by atoms with Gasteiger partial charge in [0.1, 0.15) is 0 Å². The minimum absolute atomic E-state index is 0.860. The lowest BCUT2D eigenvalue weighted by Gasteiger charge is -2.01. The van der Waals surface area contributed by atoms with Crippen molar-refractivity contribution in [3.8, 4) is 5.82 Å². The van der Waals surface area contributed by atoms with Crippen LogP contribution >= 0.6 is 0 Å². The molecule has 0 N–H and O–H groups in total. The molecule has 0 saturated heterocycles. The van der Waals surface area contributed by atoms with Crippen LogP contribution in [0.1, 0.15) is 5.56 Å². The summed E-state index contributed by atoms with van der Waals surface area (Å²) in [5, 5.41) is 4.09. The third-order valence-corrected chi connectivity index (χ3v) is 1.64. The molecule has 2 aromatic rings. The van der Waals surface area contributed by atoms with Crippen molar-refractivity contribution >= 4 is 0 Å². The predicted octanol–water partition coefficient (Wildman–Crippen LogP) is 1.38. The molecule has 0 bridgehead atoms. The summed E-state index contributed by atoms with van der Waals surface area (Å²) in [6.45, 7) is 1.99. The number of hydrogen-bond acceptors (Lipinski definition) is 2. The molecule has 0 atom stereocenters. The van der Waals surface area contributed by atoms with Crippen LogP contribution in [0.25, 0.3) is 5.82 Å². The molecule has 0 aliphatic heterocycles. The molecule has 0 saturated carbocycles. The number of hydrogen-bond donors (Lipinski definition) is 0. The molecule has 0 aromatic carbocycles. The smallest absolute Gasteiger partial charge is 0.156 e. The number of nitrogens with zero attached hydrogens (tertiary/aromatic N) is 3. The highest BCUT2D eigenvalue weighted by molar-refractivity contribution is 5.30. The van der Waals surface area contributed by atoms with Crippen molar-refractivity contribution in [1.82, 2.24) is 14.8 Å². The largest absolute Gasteiger partial charge is 0.236 e. The van der Waals surface area contributed by atoms with Crippen molar-refractivity contribution in [3.05, 3.63) is 42.4 Å². The lowest BCUT2D eigenvalue weighted by Crippen LogP contribution is -1.99. The monoisotopic (exact) mass is 158 g/mol. The van der Waals surface area contributed by atoms with Gasteiger partial charge in [0.2, 0.25) is 0 Å². The molecule has 0 spiro atoms. The molecule has 3 nitrogen and oxygen atoms in total. The third kappa shape index (κ3) is 1.09. The van der Waals surface area contributed by atoms with E-state index in [1.165, 1.54) is 0 Å². The van der Waals surface area contributed by atoms with E-state index in [2.05, 4.69) is 16.1 Å². The Labute approximate surface area is 70.7 Å². The van der Waals surface area contributed by atoms with E-state index in [0.29, 0.717) is 0 Å². The summed E-state index contributed by atoms with van der Waals surface area (Å²) in [7, 11) is 0. The zero-order valence-electron chi connectivity index (χ0n) is 6.73. The van der Waals surface area contributed by atoms with Crippen LogP contribution in [0.5, 0.6) is 0 Å². The number of aromatic nitrogens is 3. The van der Waals surface area contributed by atoms with E-state index >= 15 is 0 Å². The second kappa shape index (κ2) is 2.77. The molecule has 2 heterocycles. The van der Waals surface area contributed by atoms with E-state index < -0.39 is 0 Å². The molecule has 2 rings (SSSR count). The van der Waals surface area contributed by atoms with Crippen LogP contribution < -0.4 is 0 Å². The Bertz CT molecular complexity index is 365. The summed E-state index contributed by atoms with van der Waals surface area (Å²) in [5.74, 6) is 0.860. The van der Waals surface area contributed by atoms with E-state index in [-0.39, 0.29) is 0 Å². The summed E-state index contributed by atoms with van der Waals surface area (Å²) < 4.78 is 1.74. The van der Waals surface area contributed by atoms with Crippen LogP contribution in [0.4, 0.5) is 0 Å². The van der Waals surface area contributed by atoms with Gasteiger partial charge in [-0.25, -0.2) is 9.67 Å². The van der Waals surface area contributed by atoms with Crippen LogP contribution in [-0.2, 0) is 0 Å². The first-order valence-electron chi connectivity index (χ1n) is 3.70. The average molecular weight is 158 g/mol. The summed E-state index contributed by atoms with van der Waals surface area (Å²) in [5.41, 5.74) is 1.07. The van der Waals surface area contributed by atoms with E-state index in [9.17, 15) is 0 Å². The van der Waals surface area contributed by atoms with Crippen molar-refractivity contribution < 1.29 is 0 Å². The first-order valence-corrected chi connectivity index (χ1v) is 3.70. The maximum atomic E-state index is 4.17. The molecule has 12 heavy (non-hydrogen) atoms. The Kier molecular flexibility index (Phi) is 1.63. The Morgan fingerprint density at radius 1 is 1.50 bits per heavy atom. The minimum atomic E-state index is 0.860. The molecule has 0 fully saturated rings. The molecule has 59 valence electrons. The van der Waals surface area contributed by atoms with Crippen LogP contribution in [0.15, 0.2) is 30.7 Å². The highest BCUT2D eigenvalue weighted by atomic mass is 15.3. The molecular weight excluding hydrogens is 150 g/mol. The molecular formula is C9H8N3. The first-order chi connectivity index (χ1) is 5.88. The maximum Gasteiger partial charge on any atom is 0.156 e. The van der Waals surface area contributed by atoms with Gasteiger partial charge in [-0.1, -0.05) is 0 Å². The Morgan fingerprint density at radius 2 is 2.42 bits per heavy atom. The Morgan fingerprint density at radius 3 is 3.08 bits per heavy atom. The topological polar surface area (TPSA) is 30.7 Å². The second-order valence-electron chi connectivity index (χ2n) is 2.53. The fourth-order valence-corrected chi connectivity index (χ4v) is 1.06. The third-order valence-electron chi connectivity index (χ3n) is 1.64. The summed E-state index contributed by atoms with van der Waals surface area (Å²) >= 11 is 0. The Balaban J connectivity index is 2.55. The lowest BCUT2D eigenvalue weighted by atomic mass is 10.3. The SMILES string of the molecule is Cc1c[c]cnc1-n1cccn1. The summed E-state index contributed by atoms with van der Waals surface area (Å²) in [6, 6.07) is 6.68. The van der Waals surface area contributed by atoms with Crippen LogP contribution in [0, 0.1) is 13.0 Å². The summed E-state index contributed by atoms with van der Waals surface area (Å²) in [4.78, 5) is 4.17. The van der Waals surface area contributed by atoms with Crippen molar-refractivity contribution in [3.63, 3.8) is 0 Å². The lowest BCUT2D eigenvalue weighted by molar-refractivity contribution is 0.837. The van der Waals surface area contributed by atoms with Crippen LogP contribution in [-0.4, -0.2) is 14.8 Å². The van der Waals surface area contributed by atoms with Crippen molar-refractivity contribution in [2.75, 3.05) is 0 Å². The zero-order valence-corrected chi connectivity index (χ0v) is 6.73. The van der Waals surface area contributed by atoms with Crippen LogP contribution in [0.3, 0.4) is 0 Å². The summed E-state index contributed by atoms with van der Waals surface area (Å²) in [6.07, 6.45) is 5.25. The van der Waals surface area contributed by atoms with E-state index in [4.69, 9.17) is 0 Å². The molecule has 1 radical (unpaired) electrons. The molecule has 3 heteroatoms. The molecule has 0 unspecified atom stereocenters. The molecule has 0 aliphatic rings. The van der Waals surface area contributed by atoms with Gasteiger partial charge in [0.25, 0.3) is 0 Å². The van der Waals surface area contributed by atoms with Crippen molar-refractivity contribution in [2.24, 2.45) is 0 Å². The highest BCUT2D eigenvalue weighted by Crippen LogP contribution is 2.06. The average Bonchev–Trinajstić information content (AvgIpc) is 2.57. The molecule has 0 amide bonds. The Hall–Kier alpha value is -1.64. The van der Waals surface area contributed by atoms with Gasteiger partial charge in [-0.2, -0.15) is 5.10 Å². The highest BCUT2D eigenvalue weighted by Gasteiger charge is 1.99. The van der Waals surface area contributed by atoms with Gasteiger partial charge in [0.15, 0.2) is 5.82 Å². The van der Waals surface area contributed by atoms with E-state index in [1.807, 2.05) is 25.3 Å². The van der Waals surface area contributed by atoms with Gasteiger partial charge < -0.3 is 0 Å². The first kappa shape index (κ1) is 7.03. The minimum Gasteiger partial charge on any atom is -0.236 e. The van der Waals surface area contributed by atoms with Gasteiger partial charge in [0.05, 0.1) is 0 Å². The standard InChI is InChI=1S/C9H8N3/c1-8-4-2-5-10-9(8)12-7-3-6-11-12/h3-7H,1H3. The van der Waals surface area contributed by atoms with Crippen molar-refractivity contribution in [1.29, 1.82) is 0 Å². The normalized spacial score (nSPS) is 10.1. The molecule has 2 aromatic heterocycles. The van der Waals surface area contributed by atoms with E-state index in [0.717, 1.165) is 11.4 Å². The maximum absolute atomic E-state index is 4.17. The zero-order chi connectivity index (χ0) is 8.39. The van der Waals surface area contributed by atoms with Crippen LogP contribution in [0.2, 0.25) is 0 Å². The van der Waals surface area contributed by atoms with Crippen molar-refractivity contribution in [2.45, 2.75) is 6.92 Å². The molecule has 0 aliphatic carbocycles. The van der Waals surface area contributed by atoms with Gasteiger partial charge in [-0.15, -0.1) is 0 Å². The predicted molar refractivity (Wildman–Crippen MR) is 44.9 cm³/mol. The number of rotatable bonds is 1. The second-order valence-corrected chi connectivity index (χ2v) is 2.53. The van der Waals surface area contributed by atoms with Gasteiger partial charge in [0, 0.05) is 24.7 Å². The fourth-order valence-electron chi connectivity index (χ4n) is 1.06. The van der Waals surface area contributed by atoms with Gasteiger partial charge in [-0.05, 0) is 24.6 Å². The number of aryl methyl sites for hydroxylation is 1. The van der Waals surface area contributed by atoms with Gasteiger partial charge >= 0.3 is 0 Å².